The first kappa shape index (κ1) is 14.9. The quantitative estimate of drug-likeness (QED) is 0.694. The van der Waals surface area contributed by atoms with E-state index >= 15 is 0 Å². The van der Waals surface area contributed by atoms with E-state index in [9.17, 15) is 0 Å². The number of aliphatic hydroxyl groups excluding tert-OH is 1. The first-order valence-corrected chi connectivity index (χ1v) is 6.51. The summed E-state index contributed by atoms with van der Waals surface area (Å²) in [6, 6.07) is 0. The highest BCUT2D eigenvalue weighted by molar-refractivity contribution is 5.40. The van der Waals surface area contributed by atoms with Gasteiger partial charge in [0.1, 0.15) is 5.75 Å². The van der Waals surface area contributed by atoms with Gasteiger partial charge in [-0.05, 0) is 39.7 Å². The molecule has 0 bridgehead atoms. The number of hydrogen-bond donors (Lipinski definition) is 2. The minimum absolute atomic E-state index is 0.288. The smallest absolute Gasteiger partial charge is 0.128 e. The molecule has 1 aromatic rings. The number of aliphatic hydroxyl groups is 1. The van der Waals surface area contributed by atoms with Gasteiger partial charge in [-0.15, -0.1) is 0 Å². The first-order chi connectivity index (χ1) is 8.70. The molecule has 1 aromatic heterocycles. The molecule has 4 nitrogen and oxygen atoms in total. The number of methoxy groups -OCH3 is 1. The molecule has 18 heavy (non-hydrogen) atoms. The molecule has 2 N–H and O–H groups in total. The molecule has 0 aliphatic rings. The van der Waals surface area contributed by atoms with Gasteiger partial charge >= 0.3 is 0 Å². The molecule has 1 rings (SSSR count). The van der Waals surface area contributed by atoms with Crippen LogP contribution >= 0.6 is 0 Å². The number of nitrogens with one attached hydrogen (secondary N) is 1. The van der Waals surface area contributed by atoms with Gasteiger partial charge < -0.3 is 15.2 Å². The van der Waals surface area contributed by atoms with E-state index in [1.165, 1.54) is 0 Å². The van der Waals surface area contributed by atoms with Crippen LogP contribution in [0.15, 0.2) is 6.20 Å². The fourth-order valence-electron chi connectivity index (χ4n) is 1.99. The van der Waals surface area contributed by atoms with Gasteiger partial charge in [-0.1, -0.05) is 0 Å². The zero-order chi connectivity index (χ0) is 13.4. The largest absolute Gasteiger partial charge is 0.496 e. The maximum atomic E-state index is 8.68. The Kier molecular flexibility index (Phi) is 6.68. The molecule has 0 atom stereocenters. The molecule has 0 amide bonds. The second-order valence-corrected chi connectivity index (χ2v) is 4.51. The van der Waals surface area contributed by atoms with Crippen LogP contribution in [0.3, 0.4) is 0 Å². The lowest BCUT2D eigenvalue weighted by atomic mass is 10.1. The number of unbranched alkanes of at least 4 members (excludes halogenated alkanes) is 2. The van der Waals surface area contributed by atoms with Crippen molar-refractivity contribution < 1.29 is 9.84 Å². The molecule has 0 aliphatic carbocycles. The molecule has 0 aromatic carbocycles. The SMILES string of the molecule is COc1c(C)cnc(CNCCCCCO)c1C. The van der Waals surface area contributed by atoms with Crippen LogP contribution in [0.25, 0.3) is 0 Å². The van der Waals surface area contributed by atoms with Gasteiger partial charge in [0.15, 0.2) is 0 Å². The highest BCUT2D eigenvalue weighted by Gasteiger charge is 2.08. The van der Waals surface area contributed by atoms with Crippen LogP contribution in [-0.2, 0) is 6.54 Å². The van der Waals surface area contributed by atoms with Crippen molar-refractivity contribution >= 4 is 0 Å². The summed E-state index contributed by atoms with van der Waals surface area (Å²) < 4.78 is 5.38. The molecule has 0 fully saturated rings. The molecule has 4 heteroatoms. The van der Waals surface area contributed by atoms with Crippen molar-refractivity contribution in [3.05, 3.63) is 23.0 Å². The van der Waals surface area contributed by atoms with Crippen molar-refractivity contribution in [2.75, 3.05) is 20.3 Å². The van der Waals surface area contributed by atoms with E-state index in [0.29, 0.717) is 0 Å². The van der Waals surface area contributed by atoms with E-state index in [-0.39, 0.29) is 6.61 Å². The van der Waals surface area contributed by atoms with Crippen LogP contribution in [0.2, 0.25) is 0 Å². The van der Waals surface area contributed by atoms with Crippen LogP contribution in [0, 0.1) is 13.8 Å². The first-order valence-electron chi connectivity index (χ1n) is 6.51. The molecule has 102 valence electrons. The number of nitrogens with zero attached hydrogens (tertiary/aromatic N) is 1. The van der Waals surface area contributed by atoms with Crippen molar-refractivity contribution in [2.45, 2.75) is 39.7 Å². The molecule has 0 spiro atoms. The van der Waals surface area contributed by atoms with E-state index in [1.54, 1.807) is 7.11 Å². The van der Waals surface area contributed by atoms with Gasteiger partial charge in [0, 0.05) is 30.5 Å². The molecule has 0 unspecified atom stereocenters. The van der Waals surface area contributed by atoms with Gasteiger partial charge in [-0.3, -0.25) is 4.98 Å². The maximum absolute atomic E-state index is 8.68. The van der Waals surface area contributed by atoms with Gasteiger partial charge in [0.2, 0.25) is 0 Å². The minimum Gasteiger partial charge on any atom is -0.496 e. The Bertz CT molecular complexity index is 367. The predicted molar refractivity (Wildman–Crippen MR) is 72.9 cm³/mol. The van der Waals surface area contributed by atoms with Crippen molar-refractivity contribution in [3.8, 4) is 5.75 Å². The summed E-state index contributed by atoms with van der Waals surface area (Å²) in [5.74, 6) is 0.932. The van der Waals surface area contributed by atoms with E-state index in [4.69, 9.17) is 9.84 Å². The zero-order valence-electron chi connectivity index (χ0n) is 11.6. The van der Waals surface area contributed by atoms with Crippen LogP contribution < -0.4 is 10.1 Å². The van der Waals surface area contributed by atoms with Crippen LogP contribution in [-0.4, -0.2) is 30.4 Å². The van der Waals surface area contributed by atoms with Crippen LogP contribution in [0.4, 0.5) is 0 Å². The number of aryl methyl sites for hydroxylation is 1. The molecule has 0 radical (unpaired) electrons. The third kappa shape index (κ3) is 4.27. The summed E-state index contributed by atoms with van der Waals surface area (Å²) in [4.78, 5) is 4.44. The summed E-state index contributed by atoms with van der Waals surface area (Å²) in [5.41, 5.74) is 3.22. The molecule has 0 saturated carbocycles. The van der Waals surface area contributed by atoms with E-state index in [0.717, 1.165) is 54.9 Å². The Hall–Kier alpha value is -1.13. The summed E-state index contributed by atoms with van der Waals surface area (Å²) in [5, 5.41) is 12.0. The maximum Gasteiger partial charge on any atom is 0.128 e. The van der Waals surface area contributed by atoms with Crippen molar-refractivity contribution in [2.24, 2.45) is 0 Å². The Morgan fingerprint density at radius 1 is 1.28 bits per heavy atom. The molecular formula is C14H24N2O2. The summed E-state index contributed by atoms with van der Waals surface area (Å²) in [6.45, 7) is 6.06. The van der Waals surface area contributed by atoms with Gasteiger partial charge in [0.05, 0.1) is 12.8 Å². The highest BCUT2D eigenvalue weighted by atomic mass is 16.5. The van der Waals surface area contributed by atoms with Crippen LogP contribution in [0.1, 0.15) is 36.1 Å². The summed E-state index contributed by atoms with van der Waals surface area (Å²) in [6.07, 6.45) is 4.89. The van der Waals surface area contributed by atoms with Crippen molar-refractivity contribution in [1.29, 1.82) is 0 Å². The highest BCUT2D eigenvalue weighted by Crippen LogP contribution is 2.23. The second-order valence-electron chi connectivity index (χ2n) is 4.51. The number of hydrogen-bond acceptors (Lipinski definition) is 4. The average molecular weight is 252 g/mol. The fraction of sp³-hybridized carbons (Fsp3) is 0.643. The Labute approximate surface area is 109 Å². The monoisotopic (exact) mass is 252 g/mol. The molecule has 0 aliphatic heterocycles. The second kappa shape index (κ2) is 8.06. The molecule has 0 saturated heterocycles. The Morgan fingerprint density at radius 2 is 2.06 bits per heavy atom. The fourth-order valence-corrected chi connectivity index (χ4v) is 1.99. The Balaban J connectivity index is 2.43. The molecular weight excluding hydrogens is 228 g/mol. The van der Waals surface area contributed by atoms with E-state index < -0.39 is 0 Å². The van der Waals surface area contributed by atoms with E-state index in [2.05, 4.69) is 10.3 Å². The standard InChI is InChI=1S/C14H24N2O2/c1-11-9-16-13(12(2)14(11)18-3)10-15-7-5-4-6-8-17/h9,15,17H,4-8,10H2,1-3H3. The number of pyridine rings is 1. The lowest BCUT2D eigenvalue weighted by molar-refractivity contribution is 0.283. The van der Waals surface area contributed by atoms with Crippen molar-refractivity contribution in [3.63, 3.8) is 0 Å². The van der Waals surface area contributed by atoms with Gasteiger partial charge in [-0.2, -0.15) is 0 Å². The predicted octanol–water partition coefficient (Wildman–Crippen LogP) is 1.96. The number of rotatable bonds is 8. The lowest BCUT2D eigenvalue weighted by Crippen LogP contribution is -2.17. The zero-order valence-corrected chi connectivity index (χ0v) is 11.6. The lowest BCUT2D eigenvalue weighted by Gasteiger charge is -2.12. The normalized spacial score (nSPS) is 10.7. The van der Waals surface area contributed by atoms with Gasteiger partial charge in [0.25, 0.3) is 0 Å². The summed E-state index contributed by atoms with van der Waals surface area (Å²) >= 11 is 0. The number of aromatic nitrogens is 1. The topological polar surface area (TPSA) is 54.4 Å². The Morgan fingerprint density at radius 3 is 2.72 bits per heavy atom. The van der Waals surface area contributed by atoms with Crippen molar-refractivity contribution in [1.82, 2.24) is 10.3 Å². The third-order valence-electron chi connectivity index (χ3n) is 3.05. The summed E-state index contributed by atoms with van der Waals surface area (Å²) in [7, 11) is 1.70. The van der Waals surface area contributed by atoms with E-state index in [1.807, 2.05) is 20.0 Å². The van der Waals surface area contributed by atoms with Gasteiger partial charge in [-0.25, -0.2) is 0 Å². The average Bonchev–Trinajstić information content (AvgIpc) is 2.36. The van der Waals surface area contributed by atoms with Crippen LogP contribution in [0.5, 0.6) is 5.75 Å². The molecule has 1 heterocycles. The minimum atomic E-state index is 0.288. The number of ether oxygens (including phenoxy) is 1. The third-order valence-corrected chi connectivity index (χ3v) is 3.05.